The smallest absolute Gasteiger partial charge is 0.136 e. The van der Waals surface area contributed by atoms with Crippen LogP contribution in [0.5, 0.6) is 5.75 Å². The topological polar surface area (TPSA) is 124 Å². The average Bonchev–Trinajstić information content (AvgIpc) is 3.27. The molecule has 32 heavy (non-hydrogen) atoms. The minimum Gasteiger partial charge on any atom is -0.506 e. The third kappa shape index (κ3) is 3.14. The summed E-state index contributed by atoms with van der Waals surface area (Å²) in [5, 5.41) is 38.5. The van der Waals surface area contributed by atoms with Gasteiger partial charge in [0.2, 0.25) is 0 Å². The highest BCUT2D eigenvalue weighted by atomic mass is 16.3. The van der Waals surface area contributed by atoms with Gasteiger partial charge in [-0.15, -0.1) is 0 Å². The van der Waals surface area contributed by atoms with Crippen molar-refractivity contribution in [2.75, 3.05) is 0 Å². The summed E-state index contributed by atoms with van der Waals surface area (Å²) in [6.45, 7) is 1.76. The van der Waals surface area contributed by atoms with Crippen molar-refractivity contribution in [1.82, 2.24) is 25.0 Å². The van der Waals surface area contributed by atoms with Crippen LogP contribution in [0.4, 0.5) is 0 Å². The normalized spacial score (nSPS) is 19.8. The molecule has 1 N–H and O–H groups in total. The molecule has 1 aliphatic carbocycles. The minimum atomic E-state index is -0.533. The number of hydrogen-bond acceptors (Lipinski definition) is 7. The monoisotopic (exact) mass is 421 g/mol. The van der Waals surface area contributed by atoms with Gasteiger partial charge in [0, 0.05) is 22.7 Å². The van der Waals surface area contributed by atoms with Crippen LogP contribution in [-0.4, -0.2) is 30.1 Å². The molecular formula is C24H19N7O. The number of nitriles is 2. The molecule has 1 fully saturated rings. The number of aryl methyl sites for hydroxylation is 1. The van der Waals surface area contributed by atoms with Gasteiger partial charge < -0.3 is 5.11 Å². The first-order valence-corrected chi connectivity index (χ1v) is 10.3. The molecule has 0 unspecified atom stereocenters. The van der Waals surface area contributed by atoms with E-state index in [4.69, 9.17) is 5.10 Å². The number of benzene rings is 1. The van der Waals surface area contributed by atoms with E-state index in [1.54, 1.807) is 36.2 Å². The summed E-state index contributed by atoms with van der Waals surface area (Å²) < 4.78 is 0. The van der Waals surface area contributed by atoms with Crippen LogP contribution in [0.1, 0.15) is 25.0 Å². The maximum atomic E-state index is 9.84. The second kappa shape index (κ2) is 7.44. The molecule has 0 aliphatic heterocycles. The van der Waals surface area contributed by atoms with Gasteiger partial charge in [0.25, 0.3) is 0 Å². The number of aromatic nitrogens is 5. The van der Waals surface area contributed by atoms with E-state index in [2.05, 4.69) is 27.2 Å². The van der Waals surface area contributed by atoms with E-state index in [0.29, 0.717) is 24.2 Å². The standard InChI is InChI=1S/C24H19N7O/c1-15-23(32)5-4-20(29-15)17-9-19(18-3-2-8-27-21(18)10-17)22-14-28-31(30-22)24(6-7-25)11-16(12-24)13-26/h2-5,8-10,14,16,32H,6,11-12H2,1H3/t16-,24-. The molecule has 1 saturated carbocycles. The SMILES string of the molecule is Cc1nc(-c2cc(-c3cnn([C@]4(CC#N)C[C@@H](C#N)C4)n3)c3cccnc3c2)ccc1O. The van der Waals surface area contributed by atoms with Crippen molar-refractivity contribution in [2.45, 2.75) is 31.7 Å². The first-order chi connectivity index (χ1) is 15.5. The summed E-state index contributed by atoms with van der Waals surface area (Å²) in [7, 11) is 0. The maximum absolute atomic E-state index is 9.84. The van der Waals surface area contributed by atoms with Crippen LogP contribution in [-0.2, 0) is 5.54 Å². The fourth-order valence-electron chi connectivity index (χ4n) is 4.35. The molecule has 4 aromatic rings. The summed E-state index contributed by atoms with van der Waals surface area (Å²) in [6.07, 6.45) is 4.84. The Morgan fingerprint density at radius 2 is 2.03 bits per heavy atom. The van der Waals surface area contributed by atoms with E-state index in [0.717, 1.165) is 27.7 Å². The highest BCUT2D eigenvalue weighted by molar-refractivity contribution is 5.96. The molecule has 0 atom stereocenters. The second-order valence-corrected chi connectivity index (χ2v) is 8.21. The Balaban J connectivity index is 1.63. The van der Waals surface area contributed by atoms with Gasteiger partial charge >= 0.3 is 0 Å². The van der Waals surface area contributed by atoms with Gasteiger partial charge in [-0.3, -0.25) is 4.98 Å². The Hall–Kier alpha value is -4.30. The molecule has 1 aromatic carbocycles. The van der Waals surface area contributed by atoms with Crippen molar-refractivity contribution in [3.8, 4) is 40.4 Å². The van der Waals surface area contributed by atoms with Crippen molar-refractivity contribution in [1.29, 1.82) is 10.5 Å². The Kier molecular flexibility index (Phi) is 4.57. The average molecular weight is 421 g/mol. The van der Waals surface area contributed by atoms with Crippen molar-refractivity contribution >= 4 is 10.9 Å². The fourth-order valence-corrected chi connectivity index (χ4v) is 4.35. The van der Waals surface area contributed by atoms with Crippen molar-refractivity contribution in [2.24, 2.45) is 5.92 Å². The molecular weight excluding hydrogens is 402 g/mol. The summed E-state index contributed by atoms with van der Waals surface area (Å²) in [5.41, 5.74) is 3.90. The zero-order chi connectivity index (χ0) is 22.3. The molecule has 0 spiro atoms. The molecule has 3 heterocycles. The highest BCUT2D eigenvalue weighted by Crippen LogP contribution is 2.45. The fraction of sp³-hybridized carbons (Fsp3) is 0.250. The molecule has 0 radical (unpaired) electrons. The zero-order valence-electron chi connectivity index (χ0n) is 17.4. The molecule has 1 aliphatic rings. The Labute approximate surface area is 184 Å². The summed E-state index contributed by atoms with van der Waals surface area (Å²) in [6, 6.07) is 15.7. The summed E-state index contributed by atoms with van der Waals surface area (Å²) >= 11 is 0. The Morgan fingerprint density at radius 1 is 1.19 bits per heavy atom. The van der Waals surface area contributed by atoms with Crippen LogP contribution in [0.25, 0.3) is 33.4 Å². The Morgan fingerprint density at radius 3 is 2.78 bits per heavy atom. The quantitative estimate of drug-likeness (QED) is 0.526. The van der Waals surface area contributed by atoms with E-state index in [9.17, 15) is 15.6 Å². The van der Waals surface area contributed by atoms with Gasteiger partial charge in [0.1, 0.15) is 11.4 Å². The largest absolute Gasteiger partial charge is 0.506 e. The van der Waals surface area contributed by atoms with Crippen molar-refractivity contribution in [3.05, 3.63) is 54.5 Å². The molecule has 8 nitrogen and oxygen atoms in total. The van der Waals surface area contributed by atoms with Gasteiger partial charge in [-0.2, -0.15) is 25.5 Å². The molecule has 3 aromatic heterocycles. The van der Waals surface area contributed by atoms with E-state index in [-0.39, 0.29) is 18.1 Å². The summed E-state index contributed by atoms with van der Waals surface area (Å²) in [5.74, 6) is 0.0739. The van der Waals surface area contributed by atoms with Gasteiger partial charge in [-0.1, -0.05) is 6.07 Å². The predicted octanol–water partition coefficient (Wildman–Crippen LogP) is 4.11. The third-order valence-corrected chi connectivity index (χ3v) is 6.11. The lowest BCUT2D eigenvalue weighted by atomic mass is 9.68. The van der Waals surface area contributed by atoms with Crippen LogP contribution in [0.3, 0.4) is 0 Å². The summed E-state index contributed by atoms with van der Waals surface area (Å²) in [4.78, 5) is 10.6. The number of aromatic hydroxyl groups is 1. The molecule has 0 saturated heterocycles. The van der Waals surface area contributed by atoms with Crippen LogP contribution in [0, 0.1) is 35.5 Å². The number of pyridine rings is 2. The second-order valence-electron chi connectivity index (χ2n) is 8.21. The lowest BCUT2D eigenvalue weighted by Gasteiger charge is -2.42. The van der Waals surface area contributed by atoms with Gasteiger partial charge in [-0.05, 0) is 50.1 Å². The zero-order valence-corrected chi connectivity index (χ0v) is 17.4. The minimum absolute atomic E-state index is 0.0741. The van der Waals surface area contributed by atoms with E-state index in [1.165, 1.54) is 0 Å². The number of fused-ring (bicyclic) bond motifs is 1. The highest BCUT2D eigenvalue weighted by Gasteiger charge is 2.48. The first kappa shape index (κ1) is 19.7. The van der Waals surface area contributed by atoms with E-state index >= 15 is 0 Å². The van der Waals surface area contributed by atoms with Gasteiger partial charge in [0.15, 0.2) is 0 Å². The van der Waals surface area contributed by atoms with Gasteiger partial charge in [-0.25, -0.2) is 4.98 Å². The lowest BCUT2D eigenvalue weighted by molar-refractivity contribution is 0.0713. The molecule has 0 bridgehead atoms. The molecule has 0 amide bonds. The van der Waals surface area contributed by atoms with E-state index < -0.39 is 5.54 Å². The van der Waals surface area contributed by atoms with E-state index in [1.807, 2.05) is 24.3 Å². The van der Waals surface area contributed by atoms with Crippen LogP contribution < -0.4 is 0 Å². The van der Waals surface area contributed by atoms with Crippen LogP contribution >= 0.6 is 0 Å². The molecule has 8 heteroatoms. The Bertz CT molecular complexity index is 1420. The molecule has 156 valence electrons. The predicted molar refractivity (Wildman–Crippen MR) is 117 cm³/mol. The number of nitrogens with zero attached hydrogens (tertiary/aromatic N) is 7. The van der Waals surface area contributed by atoms with Crippen LogP contribution in [0.2, 0.25) is 0 Å². The number of rotatable bonds is 4. The van der Waals surface area contributed by atoms with Crippen LogP contribution in [0.15, 0.2) is 48.8 Å². The maximum Gasteiger partial charge on any atom is 0.136 e. The van der Waals surface area contributed by atoms with Crippen molar-refractivity contribution < 1.29 is 5.11 Å². The lowest BCUT2D eigenvalue weighted by Crippen LogP contribution is -2.47. The molecule has 5 rings (SSSR count). The number of hydrogen-bond donors (Lipinski definition) is 1. The first-order valence-electron chi connectivity index (χ1n) is 10.3. The van der Waals surface area contributed by atoms with Gasteiger partial charge in [0.05, 0.1) is 53.1 Å². The third-order valence-electron chi connectivity index (χ3n) is 6.11. The van der Waals surface area contributed by atoms with Crippen molar-refractivity contribution in [3.63, 3.8) is 0 Å².